The zero-order valence-electron chi connectivity index (χ0n) is 17.5. The monoisotopic (exact) mass is 442 g/mol. The first kappa shape index (κ1) is 22.1. The number of carbonyl (C=O) groups is 1. The minimum absolute atomic E-state index is 0.111. The summed E-state index contributed by atoms with van der Waals surface area (Å²) in [5, 5.41) is 4.85. The highest BCUT2D eigenvalue weighted by Crippen LogP contribution is 2.27. The first-order valence-electron chi connectivity index (χ1n) is 9.70. The second-order valence-electron chi connectivity index (χ2n) is 7.50. The number of benzene rings is 2. The van der Waals surface area contributed by atoms with E-state index in [0.717, 1.165) is 11.1 Å². The molecule has 1 N–H and O–H groups in total. The Morgan fingerprint density at radius 2 is 1.67 bits per heavy atom. The quantitative estimate of drug-likeness (QED) is 0.559. The largest absolute Gasteiger partial charge is 0.345 e. The van der Waals surface area contributed by atoms with Gasteiger partial charge in [0.05, 0.1) is 11.7 Å². The number of thiophene rings is 1. The van der Waals surface area contributed by atoms with Gasteiger partial charge >= 0.3 is 0 Å². The van der Waals surface area contributed by atoms with Crippen molar-refractivity contribution >= 4 is 33.0 Å². The van der Waals surface area contributed by atoms with E-state index in [9.17, 15) is 13.2 Å². The molecule has 30 heavy (non-hydrogen) atoms. The van der Waals surface area contributed by atoms with E-state index in [0.29, 0.717) is 11.3 Å². The fourth-order valence-electron chi connectivity index (χ4n) is 3.27. The molecule has 0 bridgehead atoms. The molecule has 2 aromatic carbocycles. The fourth-order valence-corrected chi connectivity index (χ4v) is 5.63. The molecular weight excluding hydrogens is 416 g/mol. The average molecular weight is 443 g/mol. The van der Waals surface area contributed by atoms with Crippen molar-refractivity contribution in [1.82, 2.24) is 5.32 Å². The Morgan fingerprint density at radius 1 is 1.00 bits per heavy atom. The van der Waals surface area contributed by atoms with Crippen LogP contribution in [-0.4, -0.2) is 21.4 Å². The lowest BCUT2D eigenvalue weighted by Gasteiger charge is -2.25. The first-order valence-corrected chi connectivity index (χ1v) is 12.0. The lowest BCUT2D eigenvalue weighted by molar-refractivity contribution is 0.0925. The molecule has 0 aliphatic carbocycles. The molecule has 3 aromatic rings. The van der Waals surface area contributed by atoms with Gasteiger partial charge in [0, 0.05) is 12.6 Å². The topological polar surface area (TPSA) is 66.5 Å². The van der Waals surface area contributed by atoms with Crippen LogP contribution in [0.25, 0.3) is 0 Å². The lowest BCUT2D eigenvalue weighted by atomic mass is 9.92. The molecule has 1 heterocycles. The number of amides is 1. The molecule has 5 nitrogen and oxygen atoms in total. The maximum Gasteiger partial charge on any atom is 0.273 e. The second kappa shape index (κ2) is 9.02. The van der Waals surface area contributed by atoms with E-state index in [2.05, 4.69) is 19.2 Å². The minimum Gasteiger partial charge on any atom is -0.345 e. The maximum absolute atomic E-state index is 12.9. The summed E-state index contributed by atoms with van der Waals surface area (Å²) in [4.78, 5) is 12.9. The summed E-state index contributed by atoms with van der Waals surface area (Å²) < 4.78 is 26.9. The number of nitrogens with zero attached hydrogens (tertiary/aromatic N) is 1. The Morgan fingerprint density at radius 3 is 2.23 bits per heavy atom. The summed E-state index contributed by atoms with van der Waals surface area (Å²) in [5.74, 6) is 0.0312. The maximum atomic E-state index is 12.9. The fraction of sp³-hybridized carbons (Fsp3) is 0.261. The van der Waals surface area contributed by atoms with E-state index in [4.69, 9.17) is 0 Å². The Labute approximate surface area is 182 Å². The van der Waals surface area contributed by atoms with Crippen LogP contribution in [0.15, 0.2) is 70.3 Å². The van der Waals surface area contributed by atoms with Gasteiger partial charge in [-0.3, -0.25) is 9.10 Å². The van der Waals surface area contributed by atoms with Gasteiger partial charge in [0.25, 0.3) is 15.9 Å². The molecule has 158 valence electrons. The first-order chi connectivity index (χ1) is 14.2. The molecule has 0 saturated carbocycles. The molecule has 1 atom stereocenters. The van der Waals surface area contributed by atoms with Gasteiger partial charge in [0.1, 0.15) is 4.21 Å². The van der Waals surface area contributed by atoms with E-state index >= 15 is 0 Å². The van der Waals surface area contributed by atoms with Gasteiger partial charge in [-0.25, -0.2) is 8.42 Å². The smallest absolute Gasteiger partial charge is 0.273 e. The van der Waals surface area contributed by atoms with Crippen LogP contribution in [0.1, 0.15) is 41.4 Å². The molecular formula is C23H26N2O3S2. The van der Waals surface area contributed by atoms with Crippen molar-refractivity contribution in [2.45, 2.75) is 31.0 Å². The Kier molecular flexibility index (Phi) is 6.63. The van der Waals surface area contributed by atoms with Crippen molar-refractivity contribution in [3.05, 3.63) is 82.7 Å². The van der Waals surface area contributed by atoms with Gasteiger partial charge in [-0.2, -0.15) is 0 Å². The van der Waals surface area contributed by atoms with Crippen LogP contribution in [-0.2, 0) is 10.0 Å². The number of aryl methyl sites for hydroxylation is 1. The van der Waals surface area contributed by atoms with E-state index in [1.807, 2.05) is 31.2 Å². The van der Waals surface area contributed by atoms with Gasteiger partial charge in [0.2, 0.25) is 0 Å². The summed E-state index contributed by atoms with van der Waals surface area (Å²) in [6, 6.07) is 17.8. The molecule has 1 aromatic heterocycles. The number of rotatable bonds is 7. The van der Waals surface area contributed by atoms with Gasteiger partial charge in [-0.1, -0.05) is 44.2 Å². The highest BCUT2D eigenvalue weighted by molar-refractivity contribution is 7.94. The number of carbonyl (C=O) groups excluding carboxylic acids is 1. The highest BCUT2D eigenvalue weighted by atomic mass is 32.2. The van der Waals surface area contributed by atoms with Crippen molar-refractivity contribution < 1.29 is 13.2 Å². The van der Waals surface area contributed by atoms with Gasteiger partial charge in [0.15, 0.2) is 0 Å². The minimum atomic E-state index is -3.60. The standard InChI is InChI=1S/C23H26N2O3S2/c1-16(2)22(20-9-6-5-8-17(20)3)24-23(26)18-11-13-19(14-12-18)25(4)30(27,28)21-10-7-15-29-21/h5-16,22H,1-4H3,(H,24,26). The van der Waals surface area contributed by atoms with E-state index < -0.39 is 10.0 Å². The molecule has 3 rings (SSSR count). The number of hydrogen-bond acceptors (Lipinski definition) is 4. The third-order valence-corrected chi connectivity index (χ3v) is 8.24. The van der Waals surface area contributed by atoms with E-state index in [1.54, 1.807) is 41.8 Å². The summed E-state index contributed by atoms with van der Waals surface area (Å²) in [7, 11) is -2.09. The Hall–Kier alpha value is -2.64. The van der Waals surface area contributed by atoms with Crippen molar-refractivity contribution in [3.63, 3.8) is 0 Å². The zero-order valence-corrected chi connectivity index (χ0v) is 19.1. The van der Waals surface area contributed by atoms with E-state index in [1.165, 1.54) is 22.7 Å². The van der Waals surface area contributed by atoms with Crippen LogP contribution >= 0.6 is 11.3 Å². The number of nitrogens with one attached hydrogen (secondary N) is 1. The third kappa shape index (κ3) is 4.57. The lowest BCUT2D eigenvalue weighted by Crippen LogP contribution is -2.32. The van der Waals surface area contributed by atoms with Crippen molar-refractivity contribution in [3.8, 4) is 0 Å². The van der Waals surface area contributed by atoms with Crippen LogP contribution in [0, 0.1) is 12.8 Å². The number of sulfonamides is 1. The van der Waals surface area contributed by atoms with Crippen molar-refractivity contribution in [1.29, 1.82) is 0 Å². The van der Waals surface area contributed by atoms with E-state index in [-0.39, 0.29) is 22.1 Å². The van der Waals surface area contributed by atoms with Crippen LogP contribution in [0.4, 0.5) is 5.69 Å². The zero-order chi connectivity index (χ0) is 21.9. The average Bonchev–Trinajstić information content (AvgIpc) is 3.28. The predicted octanol–water partition coefficient (Wildman–Crippen LogP) is 5.01. The van der Waals surface area contributed by atoms with Crippen LogP contribution in [0.2, 0.25) is 0 Å². The summed E-state index contributed by atoms with van der Waals surface area (Å²) in [5.41, 5.74) is 3.21. The number of hydrogen-bond donors (Lipinski definition) is 1. The van der Waals surface area contributed by atoms with Crippen molar-refractivity contribution in [2.75, 3.05) is 11.4 Å². The molecule has 0 saturated heterocycles. The molecule has 0 fully saturated rings. The van der Waals surface area contributed by atoms with Crippen LogP contribution in [0.3, 0.4) is 0 Å². The Bertz CT molecular complexity index is 1110. The molecule has 0 radical (unpaired) electrons. The molecule has 7 heteroatoms. The second-order valence-corrected chi connectivity index (χ2v) is 10.6. The highest BCUT2D eigenvalue weighted by Gasteiger charge is 2.23. The number of anilines is 1. The summed E-state index contributed by atoms with van der Waals surface area (Å²) in [6.45, 7) is 6.19. The SMILES string of the molecule is Cc1ccccc1C(NC(=O)c1ccc(N(C)S(=O)(=O)c2cccs2)cc1)C(C)C. The Balaban J connectivity index is 1.78. The summed E-state index contributed by atoms with van der Waals surface area (Å²) in [6.07, 6.45) is 0. The molecule has 0 aliphatic rings. The molecule has 1 amide bonds. The van der Waals surface area contributed by atoms with Crippen LogP contribution in [0.5, 0.6) is 0 Å². The van der Waals surface area contributed by atoms with Gasteiger partial charge in [-0.15, -0.1) is 11.3 Å². The molecule has 0 aliphatic heterocycles. The van der Waals surface area contributed by atoms with Gasteiger partial charge < -0.3 is 5.32 Å². The summed E-state index contributed by atoms with van der Waals surface area (Å²) >= 11 is 1.18. The third-order valence-electron chi connectivity index (χ3n) is 5.08. The van der Waals surface area contributed by atoms with Crippen molar-refractivity contribution in [2.24, 2.45) is 5.92 Å². The normalized spacial score (nSPS) is 12.6. The molecule has 0 spiro atoms. The van der Waals surface area contributed by atoms with Crippen LogP contribution < -0.4 is 9.62 Å². The molecule has 1 unspecified atom stereocenters. The van der Waals surface area contributed by atoms with Gasteiger partial charge in [-0.05, 0) is 59.7 Å². The predicted molar refractivity (Wildman–Crippen MR) is 123 cm³/mol.